The maximum Gasteiger partial charge on any atom is 0.228 e. The van der Waals surface area contributed by atoms with Crippen LogP contribution in [0.1, 0.15) is 5.56 Å². The van der Waals surface area contributed by atoms with Gasteiger partial charge in [0.05, 0.1) is 6.42 Å². The van der Waals surface area contributed by atoms with Crippen LogP contribution in [-0.4, -0.2) is 42.1 Å². The summed E-state index contributed by atoms with van der Waals surface area (Å²) in [7, 11) is 0. The number of rotatable bonds is 6. The summed E-state index contributed by atoms with van der Waals surface area (Å²) >= 11 is 0. The number of ether oxygens (including phenoxy) is 1. The number of aromatic nitrogens is 2. The first-order valence-corrected chi connectivity index (χ1v) is 9.86. The quantitative estimate of drug-likeness (QED) is 0.632. The topological polar surface area (TPSA) is 79.4 Å². The highest BCUT2D eigenvalue weighted by Gasteiger charge is 2.13. The van der Waals surface area contributed by atoms with Crippen LogP contribution < -0.4 is 20.3 Å². The molecule has 4 rings (SSSR count). The lowest BCUT2D eigenvalue weighted by Crippen LogP contribution is -2.43. The van der Waals surface area contributed by atoms with E-state index in [4.69, 9.17) is 4.74 Å². The highest BCUT2D eigenvalue weighted by atomic mass is 19.1. The van der Waals surface area contributed by atoms with Crippen LogP contribution in [0.15, 0.2) is 54.9 Å². The van der Waals surface area contributed by atoms with Crippen molar-refractivity contribution in [1.29, 1.82) is 0 Å². The van der Waals surface area contributed by atoms with E-state index in [1.807, 2.05) is 0 Å². The van der Waals surface area contributed by atoms with Crippen molar-refractivity contribution in [1.82, 2.24) is 15.3 Å². The maximum absolute atomic E-state index is 13.7. The molecule has 7 nitrogen and oxygen atoms in total. The second-order valence-corrected chi connectivity index (χ2v) is 7.04. The standard InChI is InChI=1S/C22H21F2N5O2/c23-16-2-1-15(19(24)12-16)11-21(30)28-17-3-5-18(6-4-17)31-22-13-20(26-14-27-22)29-9-7-25-8-10-29/h1-6,12-14,25H,7-11H2,(H,28,30). The van der Waals surface area contributed by atoms with E-state index >= 15 is 0 Å². The minimum Gasteiger partial charge on any atom is -0.439 e. The summed E-state index contributed by atoms with van der Waals surface area (Å²) in [5, 5.41) is 5.98. The fraction of sp³-hybridized carbons (Fsp3) is 0.227. The Bertz CT molecular complexity index is 1060. The molecule has 0 atom stereocenters. The zero-order valence-electron chi connectivity index (χ0n) is 16.6. The van der Waals surface area contributed by atoms with Crippen LogP contribution in [-0.2, 0) is 11.2 Å². The number of amides is 1. The third kappa shape index (κ3) is 5.52. The minimum atomic E-state index is -0.746. The summed E-state index contributed by atoms with van der Waals surface area (Å²) in [5.74, 6) is -0.0522. The number of anilines is 2. The van der Waals surface area contributed by atoms with Crippen LogP contribution in [0.25, 0.3) is 0 Å². The number of carbonyl (C=O) groups is 1. The Morgan fingerprint density at radius 2 is 1.84 bits per heavy atom. The first-order chi connectivity index (χ1) is 15.1. The zero-order valence-corrected chi connectivity index (χ0v) is 16.6. The fourth-order valence-electron chi connectivity index (χ4n) is 3.22. The SMILES string of the molecule is O=C(Cc1ccc(F)cc1F)Nc1ccc(Oc2cc(N3CCNCC3)ncn2)cc1. The minimum absolute atomic E-state index is 0.128. The molecule has 1 amide bonds. The third-order valence-electron chi connectivity index (χ3n) is 4.80. The Kier molecular flexibility index (Phi) is 6.32. The van der Waals surface area contributed by atoms with Crippen molar-refractivity contribution in [3.63, 3.8) is 0 Å². The number of benzene rings is 2. The van der Waals surface area contributed by atoms with E-state index in [2.05, 4.69) is 25.5 Å². The lowest BCUT2D eigenvalue weighted by Gasteiger charge is -2.28. The van der Waals surface area contributed by atoms with Gasteiger partial charge in [0.1, 0.15) is 29.5 Å². The number of piperazine rings is 1. The van der Waals surface area contributed by atoms with Gasteiger partial charge in [0.2, 0.25) is 11.8 Å². The van der Waals surface area contributed by atoms with Gasteiger partial charge in [0, 0.05) is 44.0 Å². The van der Waals surface area contributed by atoms with Crippen LogP contribution >= 0.6 is 0 Å². The zero-order chi connectivity index (χ0) is 21.6. The summed E-state index contributed by atoms with van der Waals surface area (Å²) in [6.45, 7) is 3.54. The lowest BCUT2D eigenvalue weighted by molar-refractivity contribution is -0.115. The van der Waals surface area contributed by atoms with Gasteiger partial charge in [-0.25, -0.2) is 18.7 Å². The van der Waals surface area contributed by atoms with Gasteiger partial charge < -0.3 is 20.3 Å². The van der Waals surface area contributed by atoms with Crippen LogP contribution in [0.3, 0.4) is 0 Å². The summed E-state index contributed by atoms with van der Waals surface area (Å²) in [5.41, 5.74) is 0.659. The average Bonchev–Trinajstić information content (AvgIpc) is 2.78. The number of carbonyl (C=O) groups excluding carboxylic acids is 1. The lowest BCUT2D eigenvalue weighted by atomic mass is 10.1. The average molecular weight is 425 g/mol. The molecule has 2 heterocycles. The smallest absolute Gasteiger partial charge is 0.228 e. The molecule has 2 N–H and O–H groups in total. The number of hydrogen-bond donors (Lipinski definition) is 2. The van der Waals surface area contributed by atoms with E-state index < -0.39 is 17.5 Å². The molecule has 1 aromatic heterocycles. The number of halogens is 2. The molecule has 1 saturated heterocycles. The van der Waals surface area contributed by atoms with E-state index in [0.717, 1.165) is 44.1 Å². The van der Waals surface area contributed by atoms with Crippen molar-refractivity contribution >= 4 is 17.4 Å². The van der Waals surface area contributed by atoms with E-state index in [1.165, 1.54) is 12.4 Å². The third-order valence-corrected chi connectivity index (χ3v) is 4.80. The number of hydrogen-bond acceptors (Lipinski definition) is 6. The highest BCUT2D eigenvalue weighted by Crippen LogP contribution is 2.24. The fourth-order valence-corrected chi connectivity index (χ4v) is 3.22. The highest BCUT2D eigenvalue weighted by molar-refractivity contribution is 5.92. The Morgan fingerprint density at radius 1 is 1.06 bits per heavy atom. The van der Waals surface area contributed by atoms with Crippen molar-refractivity contribution in [2.75, 3.05) is 36.4 Å². The Morgan fingerprint density at radius 3 is 2.58 bits per heavy atom. The Hall–Kier alpha value is -3.59. The van der Waals surface area contributed by atoms with Crippen molar-refractivity contribution in [2.24, 2.45) is 0 Å². The molecule has 0 unspecified atom stereocenters. The van der Waals surface area contributed by atoms with Gasteiger partial charge in [-0.2, -0.15) is 0 Å². The van der Waals surface area contributed by atoms with E-state index in [9.17, 15) is 13.6 Å². The first kappa shape index (κ1) is 20.7. The largest absolute Gasteiger partial charge is 0.439 e. The predicted molar refractivity (Wildman–Crippen MR) is 112 cm³/mol. The molecule has 1 fully saturated rings. The van der Waals surface area contributed by atoms with E-state index in [-0.39, 0.29) is 12.0 Å². The molecule has 1 aliphatic rings. The van der Waals surface area contributed by atoms with Crippen LogP contribution in [0.5, 0.6) is 11.6 Å². The molecule has 31 heavy (non-hydrogen) atoms. The molecule has 0 saturated carbocycles. The molecule has 9 heteroatoms. The predicted octanol–water partition coefficient (Wildman–Crippen LogP) is 3.14. The van der Waals surface area contributed by atoms with Crippen molar-refractivity contribution in [3.8, 4) is 11.6 Å². The number of nitrogens with one attached hydrogen (secondary N) is 2. The van der Waals surface area contributed by atoms with Gasteiger partial charge in [-0.15, -0.1) is 0 Å². The summed E-state index contributed by atoms with van der Waals surface area (Å²) in [6.07, 6.45) is 1.27. The van der Waals surface area contributed by atoms with Crippen molar-refractivity contribution in [3.05, 3.63) is 72.1 Å². The summed E-state index contributed by atoms with van der Waals surface area (Å²) in [4.78, 5) is 22.8. The second kappa shape index (κ2) is 9.48. The molecule has 2 aromatic carbocycles. The molecule has 0 aliphatic carbocycles. The van der Waals surface area contributed by atoms with E-state index in [1.54, 1.807) is 30.3 Å². The Balaban J connectivity index is 1.35. The van der Waals surface area contributed by atoms with Crippen LogP contribution in [0.2, 0.25) is 0 Å². The normalized spacial score (nSPS) is 13.7. The molecule has 160 valence electrons. The summed E-state index contributed by atoms with van der Waals surface area (Å²) in [6, 6.07) is 11.7. The van der Waals surface area contributed by atoms with Gasteiger partial charge in [0.15, 0.2) is 0 Å². The van der Waals surface area contributed by atoms with Crippen LogP contribution in [0.4, 0.5) is 20.3 Å². The monoisotopic (exact) mass is 425 g/mol. The molecule has 0 radical (unpaired) electrons. The van der Waals surface area contributed by atoms with Crippen LogP contribution in [0, 0.1) is 11.6 Å². The van der Waals surface area contributed by atoms with Gasteiger partial charge in [-0.3, -0.25) is 4.79 Å². The second-order valence-electron chi connectivity index (χ2n) is 7.04. The van der Waals surface area contributed by atoms with Crippen molar-refractivity contribution in [2.45, 2.75) is 6.42 Å². The molecule has 0 spiro atoms. The molecule has 1 aliphatic heterocycles. The maximum atomic E-state index is 13.7. The van der Waals surface area contributed by atoms with Gasteiger partial charge >= 0.3 is 0 Å². The van der Waals surface area contributed by atoms with Gasteiger partial charge in [-0.1, -0.05) is 6.07 Å². The van der Waals surface area contributed by atoms with E-state index in [0.29, 0.717) is 17.3 Å². The molecule has 3 aromatic rings. The van der Waals surface area contributed by atoms with Gasteiger partial charge in [0.25, 0.3) is 0 Å². The summed E-state index contributed by atoms with van der Waals surface area (Å²) < 4.78 is 32.5. The van der Waals surface area contributed by atoms with Crippen molar-refractivity contribution < 1.29 is 18.3 Å². The van der Waals surface area contributed by atoms with Gasteiger partial charge in [-0.05, 0) is 35.9 Å². The molecule has 0 bridgehead atoms. The molecular formula is C22H21F2N5O2. The number of nitrogens with zero attached hydrogens (tertiary/aromatic N) is 3. The molecular weight excluding hydrogens is 404 g/mol. The first-order valence-electron chi connectivity index (χ1n) is 9.86. The Labute approximate surface area is 178 Å².